The molecule has 2 aromatic rings. The largest absolute Gasteiger partial charge is 0.495 e. The van der Waals surface area contributed by atoms with E-state index < -0.39 is 5.60 Å². The van der Waals surface area contributed by atoms with Crippen molar-refractivity contribution in [3.63, 3.8) is 0 Å². The first-order chi connectivity index (χ1) is 15.2. The van der Waals surface area contributed by atoms with Gasteiger partial charge in [-0.2, -0.15) is 5.26 Å². The maximum Gasteiger partial charge on any atom is 0.138 e. The third kappa shape index (κ3) is 8.49. The van der Waals surface area contributed by atoms with Crippen molar-refractivity contribution >= 4 is 5.69 Å². The van der Waals surface area contributed by atoms with E-state index in [0.29, 0.717) is 22.8 Å². The fraction of sp³-hybridized carbons (Fsp3) is 0.500. The predicted octanol–water partition coefficient (Wildman–Crippen LogP) is 5.29. The van der Waals surface area contributed by atoms with Gasteiger partial charge in [0.2, 0.25) is 0 Å². The molecule has 0 spiro atoms. The molecule has 0 radical (unpaired) electrons. The van der Waals surface area contributed by atoms with Gasteiger partial charge in [0.1, 0.15) is 17.6 Å². The molecule has 1 aliphatic heterocycles. The number of rotatable bonds is 4. The summed E-state index contributed by atoms with van der Waals surface area (Å²) in [5.41, 5.74) is 1.38. The van der Waals surface area contributed by atoms with Gasteiger partial charge < -0.3 is 19.8 Å². The quantitative estimate of drug-likeness (QED) is 0.670. The maximum absolute atomic E-state index is 12.4. The monoisotopic (exact) mass is 444 g/mol. The summed E-state index contributed by atoms with van der Waals surface area (Å²) in [5, 5.41) is 27.6. The minimum atomic E-state index is -0.603. The summed E-state index contributed by atoms with van der Waals surface area (Å²) in [4.78, 5) is 2.28. The molecule has 5 nitrogen and oxygen atoms in total. The minimum absolute atomic E-state index is 0.229. The number of piperidine rings is 1. The van der Waals surface area contributed by atoms with E-state index in [1.54, 1.807) is 31.4 Å². The lowest BCUT2D eigenvalue weighted by molar-refractivity contribution is 0.00651. The average molecular weight is 445 g/mol. The molecule has 1 saturated heterocycles. The Morgan fingerprint density at radius 3 is 2.19 bits per heavy atom. The first-order valence-corrected chi connectivity index (χ1v) is 11.1. The summed E-state index contributed by atoms with van der Waals surface area (Å²) in [5.74, 6) is 0.619. The molecule has 1 fully saturated rings. The number of aliphatic hydroxyl groups is 2. The van der Waals surface area contributed by atoms with Crippen molar-refractivity contribution in [1.82, 2.24) is 0 Å². The van der Waals surface area contributed by atoms with Gasteiger partial charge in [-0.15, -0.1) is 0 Å². The highest BCUT2D eigenvalue weighted by molar-refractivity contribution is 5.57. The summed E-state index contributed by atoms with van der Waals surface area (Å²) in [6.45, 7) is 9.64. The third-order valence-corrected chi connectivity index (χ3v) is 5.29. The van der Waals surface area contributed by atoms with Crippen LogP contribution in [0.25, 0.3) is 0 Å². The summed E-state index contributed by atoms with van der Waals surface area (Å²) in [6.07, 6.45) is 3.21. The number of anilines is 1. The Kier molecular flexibility index (Phi) is 11.8. The van der Waals surface area contributed by atoms with E-state index in [0.717, 1.165) is 31.6 Å². The minimum Gasteiger partial charge on any atom is -0.495 e. The number of halogens is 1. The van der Waals surface area contributed by atoms with Crippen LogP contribution in [0.1, 0.15) is 58.1 Å². The highest BCUT2D eigenvalue weighted by Gasteiger charge is 2.30. The highest BCUT2D eigenvalue weighted by Crippen LogP contribution is 2.32. The van der Waals surface area contributed by atoms with Crippen LogP contribution in [-0.4, -0.2) is 36.0 Å². The second kappa shape index (κ2) is 13.7. The molecule has 0 bridgehead atoms. The second-order valence-corrected chi connectivity index (χ2v) is 8.37. The predicted molar refractivity (Wildman–Crippen MR) is 127 cm³/mol. The number of hydrogen-bond acceptors (Lipinski definition) is 5. The molecule has 6 heteroatoms. The van der Waals surface area contributed by atoms with Crippen LogP contribution in [0.2, 0.25) is 0 Å². The van der Waals surface area contributed by atoms with Gasteiger partial charge in [0.25, 0.3) is 0 Å². The summed E-state index contributed by atoms with van der Waals surface area (Å²) >= 11 is 0. The average Bonchev–Trinajstić information content (AvgIpc) is 2.79. The zero-order valence-corrected chi connectivity index (χ0v) is 19.9. The zero-order chi connectivity index (χ0) is 24.1. The van der Waals surface area contributed by atoms with Gasteiger partial charge in [0.15, 0.2) is 0 Å². The fourth-order valence-electron chi connectivity index (χ4n) is 3.44. The fourth-order valence-corrected chi connectivity index (χ4v) is 3.44. The molecule has 2 N–H and O–H groups in total. The van der Waals surface area contributed by atoms with Crippen molar-refractivity contribution in [3.8, 4) is 11.8 Å². The third-order valence-electron chi connectivity index (χ3n) is 5.29. The van der Waals surface area contributed by atoms with E-state index in [4.69, 9.17) is 15.1 Å². The summed E-state index contributed by atoms with van der Waals surface area (Å²) < 4.78 is 17.7. The van der Waals surface area contributed by atoms with Crippen LogP contribution < -0.4 is 9.64 Å². The molecule has 0 atom stereocenters. The Labute approximate surface area is 192 Å². The second-order valence-electron chi connectivity index (χ2n) is 8.37. The molecule has 1 aliphatic rings. The van der Waals surface area contributed by atoms with Gasteiger partial charge in [0.05, 0.1) is 24.9 Å². The number of nitrogens with zero attached hydrogens (tertiary/aromatic N) is 2. The summed E-state index contributed by atoms with van der Waals surface area (Å²) in [6, 6.07) is 14.0. The SMILES string of the molecule is CCC.COc1cc(N2CCC(C(C)(C)O)CC2)ccc1C#N.OCc1ccccc1F. The van der Waals surface area contributed by atoms with Gasteiger partial charge >= 0.3 is 0 Å². The van der Waals surface area contributed by atoms with Crippen molar-refractivity contribution in [2.24, 2.45) is 5.92 Å². The molecular weight excluding hydrogens is 407 g/mol. The Bertz CT molecular complexity index is 851. The van der Waals surface area contributed by atoms with Gasteiger partial charge in [-0.05, 0) is 50.8 Å². The standard InChI is InChI=1S/C16H22N2O2.C7H7FO.C3H8/c1-16(2,19)13-6-8-18(9-7-13)14-5-4-12(11-17)15(10-14)20-3;8-7-4-2-1-3-6(7)5-9;1-3-2/h4-5,10,13,19H,6-9H2,1-3H3;1-4,9H,5H2;3H2,1-2H3. The van der Waals surface area contributed by atoms with Crippen LogP contribution in [0, 0.1) is 23.1 Å². The molecular formula is C26H37FN2O3. The smallest absolute Gasteiger partial charge is 0.138 e. The van der Waals surface area contributed by atoms with Crippen LogP contribution in [-0.2, 0) is 6.61 Å². The first kappa shape index (κ1) is 27.4. The van der Waals surface area contributed by atoms with Crippen LogP contribution in [0.3, 0.4) is 0 Å². The molecule has 32 heavy (non-hydrogen) atoms. The van der Waals surface area contributed by atoms with Gasteiger partial charge in [-0.25, -0.2) is 4.39 Å². The Balaban J connectivity index is 0.000000354. The van der Waals surface area contributed by atoms with E-state index in [9.17, 15) is 9.50 Å². The number of hydrogen-bond donors (Lipinski definition) is 2. The van der Waals surface area contributed by atoms with E-state index in [-0.39, 0.29) is 12.4 Å². The van der Waals surface area contributed by atoms with E-state index in [1.165, 1.54) is 12.5 Å². The van der Waals surface area contributed by atoms with Gasteiger partial charge in [-0.1, -0.05) is 38.5 Å². The van der Waals surface area contributed by atoms with Crippen molar-refractivity contribution in [2.75, 3.05) is 25.1 Å². The number of aliphatic hydroxyl groups excluding tert-OH is 1. The highest BCUT2D eigenvalue weighted by atomic mass is 19.1. The van der Waals surface area contributed by atoms with Gasteiger partial charge in [-0.3, -0.25) is 0 Å². The summed E-state index contributed by atoms with van der Waals surface area (Å²) in [7, 11) is 1.58. The van der Waals surface area contributed by atoms with Gasteiger partial charge in [0, 0.05) is 30.4 Å². The van der Waals surface area contributed by atoms with Crippen molar-refractivity contribution in [3.05, 3.63) is 59.4 Å². The molecule has 0 aromatic heterocycles. The maximum atomic E-state index is 12.4. The lowest BCUT2D eigenvalue weighted by Crippen LogP contribution is -2.41. The molecule has 0 amide bonds. The Hall–Kier alpha value is -2.62. The molecule has 0 saturated carbocycles. The van der Waals surface area contributed by atoms with E-state index in [1.807, 2.05) is 26.0 Å². The molecule has 0 aliphatic carbocycles. The van der Waals surface area contributed by atoms with Crippen LogP contribution in [0.5, 0.6) is 5.75 Å². The molecule has 0 unspecified atom stereocenters. The Morgan fingerprint density at radius 2 is 1.75 bits per heavy atom. The lowest BCUT2D eigenvalue weighted by Gasteiger charge is -2.38. The number of nitriles is 1. The number of benzene rings is 2. The molecule has 1 heterocycles. The Morgan fingerprint density at radius 1 is 1.16 bits per heavy atom. The van der Waals surface area contributed by atoms with Crippen LogP contribution in [0.4, 0.5) is 10.1 Å². The number of methoxy groups -OCH3 is 1. The molecule has 2 aromatic carbocycles. The first-order valence-electron chi connectivity index (χ1n) is 11.1. The van der Waals surface area contributed by atoms with Crippen LogP contribution >= 0.6 is 0 Å². The molecule has 3 rings (SSSR count). The molecule has 176 valence electrons. The van der Waals surface area contributed by atoms with Crippen molar-refractivity contribution in [2.45, 2.75) is 59.2 Å². The zero-order valence-electron chi connectivity index (χ0n) is 19.9. The van der Waals surface area contributed by atoms with E-state index in [2.05, 4.69) is 24.8 Å². The van der Waals surface area contributed by atoms with Crippen molar-refractivity contribution in [1.29, 1.82) is 5.26 Å². The normalized spacial score (nSPS) is 13.8. The lowest BCUT2D eigenvalue weighted by atomic mass is 9.83. The van der Waals surface area contributed by atoms with Crippen molar-refractivity contribution < 1.29 is 19.3 Å². The topological polar surface area (TPSA) is 76.7 Å². The van der Waals surface area contributed by atoms with E-state index >= 15 is 0 Å². The number of ether oxygens (including phenoxy) is 1. The van der Waals surface area contributed by atoms with Crippen LogP contribution in [0.15, 0.2) is 42.5 Å².